The highest BCUT2D eigenvalue weighted by Crippen LogP contribution is 2.13. The van der Waals surface area contributed by atoms with E-state index < -0.39 is 0 Å². The molecule has 2 aromatic rings. The Morgan fingerprint density at radius 2 is 1.29 bits per heavy atom. The normalized spacial score (nSPS) is 10.3. The molecule has 0 bridgehead atoms. The second-order valence-corrected chi connectivity index (χ2v) is 4.83. The number of rotatable bonds is 9. The van der Waals surface area contributed by atoms with Gasteiger partial charge in [0.2, 0.25) is 0 Å². The van der Waals surface area contributed by atoms with E-state index >= 15 is 0 Å². The first kappa shape index (κ1) is 15.4. The summed E-state index contributed by atoms with van der Waals surface area (Å²) in [6, 6.07) is 17.7. The topological polar surface area (TPSA) is 38.7 Å². The number of aliphatic hydroxyl groups is 1. The summed E-state index contributed by atoms with van der Waals surface area (Å²) in [6.07, 6.45) is 2.62. The van der Waals surface area contributed by atoms with Crippen LogP contribution >= 0.6 is 0 Å². The van der Waals surface area contributed by atoms with E-state index in [4.69, 9.17) is 14.6 Å². The number of hydrogen-bond acceptors (Lipinski definition) is 3. The fraction of sp³-hybridized carbons (Fsp3) is 0.333. The molecule has 0 heterocycles. The van der Waals surface area contributed by atoms with Crippen molar-refractivity contribution < 1.29 is 14.6 Å². The van der Waals surface area contributed by atoms with E-state index in [9.17, 15) is 0 Å². The zero-order chi connectivity index (χ0) is 14.8. The summed E-state index contributed by atoms with van der Waals surface area (Å²) in [4.78, 5) is 0. The van der Waals surface area contributed by atoms with Crippen LogP contribution in [0.2, 0.25) is 0 Å². The maximum Gasteiger partial charge on any atom is 0.119 e. The summed E-state index contributed by atoms with van der Waals surface area (Å²) in [5.41, 5.74) is 1.13. The van der Waals surface area contributed by atoms with Gasteiger partial charge in [-0.1, -0.05) is 30.3 Å². The molecule has 112 valence electrons. The molecule has 2 aromatic carbocycles. The average Bonchev–Trinajstić information content (AvgIpc) is 2.53. The Morgan fingerprint density at radius 1 is 0.714 bits per heavy atom. The molecule has 0 unspecified atom stereocenters. The molecule has 0 aliphatic heterocycles. The van der Waals surface area contributed by atoms with Crippen LogP contribution in [0.5, 0.6) is 11.5 Å². The molecule has 0 amide bonds. The van der Waals surface area contributed by atoms with Crippen LogP contribution in [0, 0.1) is 0 Å². The standard InChI is InChI=1S/C18H22O3/c19-13-12-16-8-10-18(11-9-16)21-15-5-4-14-20-17-6-2-1-3-7-17/h1-3,6-11,19H,4-5,12-15H2. The van der Waals surface area contributed by atoms with E-state index in [-0.39, 0.29) is 6.61 Å². The molecule has 0 atom stereocenters. The molecule has 0 aromatic heterocycles. The van der Waals surface area contributed by atoms with Gasteiger partial charge >= 0.3 is 0 Å². The molecule has 0 radical (unpaired) electrons. The summed E-state index contributed by atoms with van der Waals surface area (Å²) in [7, 11) is 0. The molecular weight excluding hydrogens is 264 g/mol. The third-order valence-corrected chi connectivity index (χ3v) is 3.14. The van der Waals surface area contributed by atoms with E-state index in [1.54, 1.807) is 0 Å². The predicted molar refractivity (Wildman–Crippen MR) is 83.9 cm³/mol. The first-order valence-corrected chi connectivity index (χ1v) is 7.39. The zero-order valence-electron chi connectivity index (χ0n) is 12.2. The van der Waals surface area contributed by atoms with Crippen LogP contribution in [0.15, 0.2) is 54.6 Å². The number of ether oxygens (including phenoxy) is 2. The van der Waals surface area contributed by atoms with Crippen molar-refractivity contribution in [1.82, 2.24) is 0 Å². The molecule has 0 aliphatic carbocycles. The lowest BCUT2D eigenvalue weighted by atomic mass is 10.1. The van der Waals surface area contributed by atoms with Crippen LogP contribution < -0.4 is 9.47 Å². The lowest BCUT2D eigenvalue weighted by molar-refractivity contribution is 0.266. The Hall–Kier alpha value is -2.00. The zero-order valence-corrected chi connectivity index (χ0v) is 12.2. The fourth-order valence-corrected chi connectivity index (χ4v) is 1.98. The van der Waals surface area contributed by atoms with Crippen LogP contribution in [0.1, 0.15) is 18.4 Å². The Kier molecular flexibility index (Phi) is 6.62. The van der Waals surface area contributed by atoms with Gasteiger partial charge in [-0.2, -0.15) is 0 Å². The molecule has 2 rings (SSSR count). The Balaban J connectivity index is 1.57. The number of hydrogen-bond donors (Lipinski definition) is 1. The van der Waals surface area contributed by atoms with Gasteiger partial charge in [0, 0.05) is 6.61 Å². The van der Waals surface area contributed by atoms with Crippen molar-refractivity contribution in [2.75, 3.05) is 19.8 Å². The molecule has 3 nitrogen and oxygen atoms in total. The first-order chi connectivity index (χ1) is 10.4. The van der Waals surface area contributed by atoms with Gasteiger partial charge in [0.05, 0.1) is 13.2 Å². The van der Waals surface area contributed by atoms with Crippen LogP contribution in [0.25, 0.3) is 0 Å². The molecule has 0 saturated heterocycles. The Labute approximate surface area is 126 Å². The second kappa shape index (κ2) is 9.03. The highest BCUT2D eigenvalue weighted by atomic mass is 16.5. The minimum atomic E-state index is 0.182. The molecular formula is C18H22O3. The molecule has 0 spiro atoms. The van der Waals surface area contributed by atoms with Gasteiger partial charge < -0.3 is 14.6 Å². The van der Waals surface area contributed by atoms with Crippen molar-refractivity contribution in [2.24, 2.45) is 0 Å². The third-order valence-electron chi connectivity index (χ3n) is 3.14. The number of para-hydroxylation sites is 1. The minimum absolute atomic E-state index is 0.182. The fourth-order valence-electron chi connectivity index (χ4n) is 1.98. The lowest BCUT2D eigenvalue weighted by Crippen LogP contribution is -2.02. The summed E-state index contributed by atoms with van der Waals surface area (Å²) < 4.78 is 11.3. The van der Waals surface area contributed by atoms with E-state index in [2.05, 4.69) is 0 Å². The van der Waals surface area contributed by atoms with E-state index in [1.807, 2.05) is 54.6 Å². The average molecular weight is 286 g/mol. The van der Waals surface area contributed by atoms with E-state index in [0.717, 1.165) is 29.9 Å². The molecule has 0 aliphatic rings. The van der Waals surface area contributed by atoms with Gasteiger partial charge in [0.25, 0.3) is 0 Å². The SMILES string of the molecule is OCCc1ccc(OCCCCOc2ccccc2)cc1. The summed E-state index contributed by atoms with van der Waals surface area (Å²) in [5, 5.41) is 8.85. The maximum absolute atomic E-state index is 8.85. The molecule has 3 heteroatoms. The highest BCUT2D eigenvalue weighted by molar-refractivity contribution is 5.27. The summed E-state index contributed by atoms with van der Waals surface area (Å²) in [6.45, 7) is 1.59. The quantitative estimate of drug-likeness (QED) is 0.717. The van der Waals surface area contributed by atoms with Crippen molar-refractivity contribution in [1.29, 1.82) is 0 Å². The summed E-state index contributed by atoms with van der Waals surface area (Å²) >= 11 is 0. The van der Waals surface area contributed by atoms with Gasteiger partial charge in [0.15, 0.2) is 0 Å². The van der Waals surface area contributed by atoms with Crippen LogP contribution in [-0.2, 0) is 6.42 Å². The number of benzene rings is 2. The van der Waals surface area contributed by atoms with Crippen molar-refractivity contribution in [2.45, 2.75) is 19.3 Å². The molecule has 0 saturated carbocycles. The Bertz CT molecular complexity index is 494. The number of aliphatic hydroxyl groups excluding tert-OH is 1. The first-order valence-electron chi connectivity index (χ1n) is 7.39. The van der Waals surface area contributed by atoms with Gasteiger partial charge in [-0.3, -0.25) is 0 Å². The lowest BCUT2D eigenvalue weighted by Gasteiger charge is -2.08. The van der Waals surface area contributed by atoms with Gasteiger partial charge in [0.1, 0.15) is 11.5 Å². The van der Waals surface area contributed by atoms with Crippen molar-refractivity contribution >= 4 is 0 Å². The Morgan fingerprint density at radius 3 is 1.86 bits per heavy atom. The van der Waals surface area contributed by atoms with Crippen LogP contribution in [-0.4, -0.2) is 24.9 Å². The van der Waals surface area contributed by atoms with Gasteiger partial charge in [-0.05, 0) is 49.1 Å². The summed E-state index contributed by atoms with van der Waals surface area (Å²) in [5.74, 6) is 1.79. The predicted octanol–water partition coefficient (Wildman–Crippen LogP) is 3.46. The smallest absolute Gasteiger partial charge is 0.119 e. The van der Waals surface area contributed by atoms with Crippen molar-refractivity contribution in [3.8, 4) is 11.5 Å². The van der Waals surface area contributed by atoms with Gasteiger partial charge in [-0.25, -0.2) is 0 Å². The monoisotopic (exact) mass is 286 g/mol. The van der Waals surface area contributed by atoms with Crippen LogP contribution in [0.3, 0.4) is 0 Å². The van der Waals surface area contributed by atoms with Gasteiger partial charge in [-0.15, -0.1) is 0 Å². The minimum Gasteiger partial charge on any atom is -0.494 e. The molecule has 21 heavy (non-hydrogen) atoms. The molecule has 1 N–H and O–H groups in total. The second-order valence-electron chi connectivity index (χ2n) is 4.83. The largest absolute Gasteiger partial charge is 0.494 e. The highest BCUT2D eigenvalue weighted by Gasteiger charge is 1.96. The van der Waals surface area contributed by atoms with Crippen molar-refractivity contribution in [3.05, 3.63) is 60.2 Å². The maximum atomic E-state index is 8.85. The molecule has 0 fully saturated rings. The van der Waals surface area contributed by atoms with E-state index in [1.165, 1.54) is 0 Å². The number of unbranched alkanes of at least 4 members (excludes halogenated alkanes) is 1. The van der Waals surface area contributed by atoms with Crippen molar-refractivity contribution in [3.63, 3.8) is 0 Å². The van der Waals surface area contributed by atoms with Crippen LogP contribution in [0.4, 0.5) is 0 Å². The van der Waals surface area contributed by atoms with E-state index in [0.29, 0.717) is 19.6 Å². The third kappa shape index (κ3) is 5.88.